The Hall–Kier alpha value is -2.22. The molecule has 1 fully saturated rings. The third-order valence-corrected chi connectivity index (χ3v) is 7.71. The predicted molar refractivity (Wildman–Crippen MR) is 121 cm³/mol. The highest BCUT2D eigenvalue weighted by molar-refractivity contribution is 7.89. The first-order valence-electron chi connectivity index (χ1n) is 10.8. The molecule has 2 aromatic rings. The molecule has 0 spiro atoms. The van der Waals surface area contributed by atoms with E-state index in [4.69, 9.17) is 4.74 Å². The van der Waals surface area contributed by atoms with Gasteiger partial charge in [-0.1, -0.05) is 48.0 Å². The van der Waals surface area contributed by atoms with Crippen molar-refractivity contribution in [2.45, 2.75) is 44.6 Å². The monoisotopic (exact) mass is 444 g/mol. The van der Waals surface area contributed by atoms with Crippen LogP contribution in [-0.2, 0) is 26.2 Å². The van der Waals surface area contributed by atoms with Gasteiger partial charge in [-0.15, -0.1) is 0 Å². The maximum Gasteiger partial charge on any atom is 0.243 e. The van der Waals surface area contributed by atoms with Crippen LogP contribution in [0.1, 0.15) is 36.0 Å². The number of ether oxygens (including phenoxy) is 1. The molecule has 2 aromatic carbocycles. The van der Waals surface area contributed by atoms with Crippen molar-refractivity contribution in [1.29, 1.82) is 0 Å². The molecule has 0 unspecified atom stereocenters. The predicted octanol–water partition coefficient (Wildman–Crippen LogP) is 3.43. The van der Waals surface area contributed by atoms with Crippen molar-refractivity contribution >= 4 is 15.9 Å². The van der Waals surface area contributed by atoms with Crippen LogP contribution >= 0.6 is 0 Å². The highest BCUT2D eigenvalue weighted by Crippen LogP contribution is 2.26. The summed E-state index contributed by atoms with van der Waals surface area (Å²) in [5.41, 5.74) is 2.93. The van der Waals surface area contributed by atoms with Crippen molar-refractivity contribution in [2.75, 3.05) is 26.2 Å². The Morgan fingerprint density at radius 1 is 1.10 bits per heavy atom. The average Bonchev–Trinajstić information content (AvgIpc) is 2.76. The van der Waals surface area contributed by atoms with E-state index in [1.807, 2.05) is 56.3 Å². The number of aryl methyl sites for hydroxylation is 2. The summed E-state index contributed by atoms with van der Waals surface area (Å²) in [6.07, 6.45) is 1.83. The molecule has 0 saturated carbocycles. The molecule has 7 heteroatoms. The lowest BCUT2D eigenvalue weighted by Crippen LogP contribution is -2.43. The van der Waals surface area contributed by atoms with Crippen molar-refractivity contribution in [1.82, 2.24) is 9.62 Å². The van der Waals surface area contributed by atoms with Crippen LogP contribution in [0.15, 0.2) is 53.4 Å². The smallest absolute Gasteiger partial charge is 0.243 e. The summed E-state index contributed by atoms with van der Waals surface area (Å²) < 4.78 is 33.1. The second-order valence-electron chi connectivity index (χ2n) is 8.13. The normalized spacial score (nSPS) is 15.7. The van der Waals surface area contributed by atoms with Crippen LogP contribution < -0.4 is 5.32 Å². The van der Waals surface area contributed by atoms with E-state index in [0.717, 1.165) is 23.1 Å². The van der Waals surface area contributed by atoms with Gasteiger partial charge in [-0.25, -0.2) is 8.42 Å². The molecule has 6 nitrogen and oxygen atoms in total. The van der Waals surface area contributed by atoms with Crippen molar-refractivity contribution in [2.24, 2.45) is 5.92 Å². The van der Waals surface area contributed by atoms with Gasteiger partial charge < -0.3 is 10.1 Å². The molecule has 0 radical (unpaired) electrons. The van der Waals surface area contributed by atoms with E-state index in [2.05, 4.69) is 5.32 Å². The van der Waals surface area contributed by atoms with E-state index in [1.54, 1.807) is 6.07 Å². The Morgan fingerprint density at radius 3 is 2.48 bits per heavy atom. The molecule has 1 aliphatic heterocycles. The molecule has 0 atom stereocenters. The molecule has 31 heavy (non-hydrogen) atoms. The molecule has 1 amide bonds. The fourth-order valence-corrected chi connectivity index (χ4v) is 5.56. The van der Waals surface area contributed by atoms with Gasteiger partial charge in [-0.2, -0.15) is 4.31 Å². The summed E-state index contributed by atoms with van der Waals surface area (Å²) >= 11 is 0. The zero-order valence-electron chi connectivity index (χ0n) is 18.3. The van der Waals surface area contributed by atoms with Crippen molar-refractivity contribution < 1.29 is 17.9 Å². The van der Waals surface area contributed by atoms with Gasteiger partial charge in [0.1, 0.15) is 0 Å². The quantitative estimate of drug-likeness (QED) is 0.601. The van der Waals surface area contributed by atoms with E-state index >= 15 is 0 Å². The Balaban J connectivity index is 1.38. The summed E-state index contributed by atoms with van der Waals surface area (Å²) in [4.78, 5) is 12.8. The lowest BCUT2D eigenvalue weighted by molar-refractivity contribution is -0.126. The molecule has 1 heterocycles. The number of carbonyl (C=O) groups is 1. The van der Waals surface area contributed by atoms with Gasteiger partial charge >= 0.3 is 0 Å². The van der Waals surface area contributed by atoms with E-state index in [1.165, 1.54) is 4.31 Å². The third kappa shape index (κ3) is 6.38. The number of sulfonamides is 1. The molecule has 3 rings (SSSR count). The summed E-state index contributed by atoms with van der Waals surface area (Å²) in [6, 6.07) is 15.4. The van der Waals surface area contributed by atoms with E-state index in [9.17, 15) is 13.2 Å². The minimum absolute atomic E-state index is 0.00613. The van der Waals surface area contributed by atoms with Crippen molar-refractivity contribution in [3.63, 3.8) is 0 Å². The molecule has 0 aliphatic carbocycles. The van der Waals surface area contributed by atoms with Crippen molar-refractivity contribution in [3.8, 4) is 0 Å². The van der Waals surface area contributed by atoms with Crippen LogP contribution in [0.4, 0.5) is 0 Å². The number of carbonyl (C=O) groups excluding carboxylic acids is 1. The third-order valence-electron chi connectivity index (χ3n) is 5.65. The van der Waals surface area contributed by atoms with Crippen LogP contribution in [0, 0.1) is 19.8 Å². The molecular formula is C24H32N2O4S. The van der Waals surface area contributed by atoms with Gasteiger partial charge in [0.15, 0.2) is 0 Å². The Labute approximate surface area is 185 Å². The number of piperidine rings is 1. The first-order valence-corrected chi connectivity index (χ1v) is 12.3. The standard InChI is InChI=1S/C24H32N2O4S/c1-19-9-10-23(20(2)17-19)31(28,29)26-14-11-22(12-15-26)24(27)25-13-6-16-30-18-21-7-4-3-5-8-21/h3-5,7-10,17,22H,6,11-16,18H2,1-2H3,(H,25,27). The van der Waals surface area contributed by atoms with Gasteiger partial charge in [-0.3, -0.25) is 4.79 Å². The van der Waals surface area contributed by atoms with E-state index in [0.29, 0.717) is 50.6 Å². The number of nitrogens with zero attached hydrogens (tertiary/aromatic N) is 1. The first-order chi connectivity index (χ1) is 14.9. The van der Waals surface area contributed by atoms with Gasteiger partial charge in [0, 0.05) is 32.2 Å². The molecule has 1 aliphatic rings. The van der Waals surface area contributed by atoms with E-state index in [-0.39, 0.29) is 11.8 Å². The van der Waals surface area contributed by atoms with Crippen LogP contribution in [0.25, 0.3) is 0 Å². The summed E-state index contributed by atoms with van der Waals surface area (Å²) in [5.74, 6) is -0.137. The number of benzene rings is 2. The molecular weight excluding hydrogens is 412 g/mol. The molecule has 0 bridgehead atoms. The average molecular weight is 445 g/mol. The second kappa shape index (κ2) is 10.9. The topological polar surface area (TPSA) is 75.7 Å². The fourth-order valence-electron chi connectivity index (χ4n) is 3.88. The van der Waals surface area contributed by atoms with Gasteiger partial charge in [-0.05, 0) is 50.3 Å². The van der Waals surface area contributed by atoms with Gasteiger partial charge in [0.05, 0.1) is 11.5 Å². The molecule has 168 valence electrons. The van der Waals surface area contributed by atoms with E-state index < -0.39 is 10.0 Å². The highest BCUT2D eigenvalue weighted by Gasteiger charge is 2.32. The first kappa shape index (κ1) is 23.4. The minimum Gasteiger partial charge on any atom is -0.377 e. The van der Waals surface area contributed by atoms with Crippen LogP contribution in [0.2, 0.25) is 0 Å². The lowest BCUT2D eigenvalue weighted by atomic mass is 9.97. The molecule has 0 aromatic heterocycles. The summed E-state index contributed by atoms with van der Waals surface area (Å²) in [5, 5.41) is 2.96. The second-order valence-corrected chi connectivity index (χ2v) is 10.0. The number of nitrogens with one attached hydrogen (secondary N) is 1. The zero-order chi connectivity index (χ0) is 22.3. The summed E-state index contributed by atoms with van der Waals surface area (Å²) in [7, 11) is -3.52. The number of hydrogen-bond donors (Lipinski definition) is 1. The zero-order valence-corrected chi connectivity index (χ0v) is 19.2. The SMILES string of the molecule is Cc1ccc(S(=O)(=O)N2CCC(C(=O)NCCCOCc3ccccc3)CC2)c(C)c1. The Kier molecular flexibility index (Phi) is 8.23. The number of hydrogen-bond acceptors (Lipinski definition) is 4. The lowest BCUT2D eigenvalue weighted by Gasteiger charge is -2.31. The van der Waals surface area contributed by atoms with Crippen molar-refractivity contribution in [3.05, 3.63) is 65.2 Å². The fraction of sp³-hybridized carbons (Fsp3) is 0.458. The summed E-state index contributed by atoms with van der Waals surface area (Å²) in [6.45, 7) is 6.23. The van der Waals surface area contributed by atoms with Crippen LogP contribution in [-0.4, -0.2) is 44.9 Å². The maximum atomic E-state index is 13.0. The Morgan fingerprint density at radius 2 is 1.81 bits per heavy atom. The largest absolute Gasteiger partial charge is 0.377 e. The Bertz CT molecular complexity index is 968. The minimum atomic E-state index is -3.52. The number of amides is 1. The molecule has 1 saturated heterocycles. The van der Waals surface area contributed by atoms with Crippen LogP contribution in [0.5, 0.6) is 0 Å². The highest BCUT2D eigenvalue weighted by atomic mass is 32.2. The number of rotatable bonds is 9. The maximum absolute atomic E-state index is 13.0. The molecule has 1 N–H and O–H groups in total. The van der Waals surface area contributed by atoms with Crippen LogP contribution in [0.3, 0.4) is 0 Å². The van der Waals surface area contributed by atoms with Gasteiger partial charge in [0.2, 0.25) is 15.9 Å². The van der Waals surface area contributed by atoms with Gasteiger partial charge in [0.25, 0.3) is 0 Å².